The van der Waals surface area contributed by atoms with Crippen molar-refractivity contribution in [2.75, 3.05) is 6.54 Å². The van der Waals surface area contributed by atoms with Crippen LogP contribution in [0.2, 0.25) is 0 Å². The highest BCUT2D eigenvalue weighted by atomic mass is 19.4. The lowest BCUT2D eigenvalue weighted by atomic mass is 9.83. The summed E-state index contributed by atoms with van der Waals surface area (Å²) in [6.07, 6.45) is -3.16. The molecule has 1 amide bonds. The van der Waals surface area contributed by atoms with Crippen LogP contribution in [0.5, 0.6) is 0 Å². The van der Waals surface area contributed by atoms with Gasteiger partial charge in [-0.1, -0.05) is 6.08 Å². The first-order chi connectivity index (χ1) is 8.25. The number of carboxylic acid groups (broad SMARTS) is 1. The summed E-state index contributed by atoms with van der Waals surface area (Å²) in [5.74, 6) is -3.51. The van der Waals surface area contributed by atoms with Gasteiger partial charge in [-0.3, -0.25) is 4.79 Å². The van der Waals surface area contributed by atoms with Crippen LogP contribution in [-0.2, 0) is 9.59 Å². The van der Waals surface area contributed by atoms with Crippen molar-refractivity contribution in [2.24, 2.45) is 0 Å². The van der Waals surface area contributed by atoms with E-state index in [4.69, 9.17) is 0 Å². The van der Waals surface area contributed by atoms with E-state index in [0.717, 1.165) is 0 Å². The molecule has 0 aromatic heterocycles. The third-order valence-electron chi connectivity index (χ3n) is 3.11. The molecule has 0 aliphatic carbocycles. The summed E-state index contributed by atoms with van der Waals surface area (Å²) in [5.41, 5.74) is -1.81. The number of carbonyl (C=O) groups excluding carboxylic acids is 1. The Morgan fingerprint density at radius 2 is 2.00 bits per heavy atom. The molecule has 1 rings (SSSR count). The normalized spacial score (nSPS) is 24.7. The minimum Gasteiger partial charge on any atom is -0.479 e. The lowest BCUT2D eigenvalue weighted by Crippen LogP contribution is -2.61. The third-order valence-corrected chi connectivity index (χ3v) is 3.11. The van der Waals surface area contributed by atoms with Crippen LogP contribution < -0.4 is 0 Å². The Bertz CT molecular complexity index is 367. The van der Waals surface area contributed by atoms with Crippen LogP contribution in [0.25, 0.3) is 0 Å². The number of likely N-dealkylation sites (tertiary alicyclic amines) is 1. The van der Waals surface area contributed by atoms with Crippen LogP contribution in [0, 0.1) is 0 Å². The first-order valence-electron chi connectivity index (χ1n) is 5.49. The van der Waals surface area contributed by atoms with Gasteiger partial charge < -0.3 is 10.0 Å². The molecule has 1 N–H and O–H groups in total. The molecule has 1 aliphatic heterocycles. The molecule has 1 fully saturated rings. The third kappa shape index (κ3) is 2.49. The summed E-state index contributed by atoms with van der Waals surface area (Å²) >= 11 is 0. The van der Waals surface area contributed by atoms with Gasteiger partial charge in [0.1, 0.15) is 5.54 Å². The second-order valence-corrected chi connectivity index (χ2v) is 4.24. The molecule has 1 saturated heterocycles. The standard InChI is InChI=1S/C11H14F3NO3/c1-2-5-10(9(17)18)6-3-4-7-15(10)8(16)11(12,13)14/h2H,1,3-7H2,(H,17,18). The number of hydrogen-bond donors (Lipinski definition) is 1. The maximum Gasteiger partial charge on any atom is 0.471 e. The van der Waals surface area contributed by atoms with Gasteiger partial charge in [0.2, 0.25) is 0 Å². The molecular weight excluding hydrogens is 251 g/mol. The Morgan fingerprint density at radius 1 is 1.39 bits per heavy atom. The first-order valence-corrected chi connectivity index (χ1v) is 5.49. The number of amides is 1. The molecule has 1 unspecified atom stereocenters. The van der Waals surface area contributed by atoms with E-state index >= 15 is 0 Å². The summed E-state index contributed by atoms with van der Waals surface area (Å²) in [6.45, 7) is 3.16. The summed E-state index contributed by atoms with van der Waals surface area (Å²) in [6, 6.07) is 0. The Balaban J connectivity index is 3.15. The Morgan fingerprint density at radius 3 is 2.44 bits per heavy atom. The molecule has 0 spiro atoms. The van der Waals surface area contributed by atoms with E-state index in [0.29, 0.717) is 17.7 Å². The van der Waals surface area contributed by atoms with E-state index in [1.165, 1.54) is 6.08 Å². The zero-order chi connectivity index (χ0) is 14.0. The van der Waals surface area contributed by atoms with Crippen LogP contribution >= 0.6 is 0 Å². The van der Waals surface area contributed by atoms with E-state index in [-0.39, 0.29) is 19.4 Å². The molecule has 0 aromatic rings. The van der Waals surface area contributed by atoms with Crippen molar-refractivity contribution >= 4 is 11.9 Å². The van der Waals surface area contributed by atoms with Gasteiger partial charge in [-0.2, -0.15) is 13.2 Å². The Hall–Kier alpha value is -1.53. The largest absolute Gasteiger partial charge is 0.479 e. The average molecular weight is 265 g/mol. The van der Waals surface area contributed by atoms with Crippen molar-refractivity contribution < 1.29 is 27.9 Å². The van der Waals surface area contributed by atoms with Crippen molar-refractivity contribution in [3.8, 4) is 0 Å². The maximum atomic E-state index is 12.5. The number of alkyl halides is 3. The number of hydrogen-bond acceptors (Lipinski definition) is 2. The van der Waals surface area contributed by atoms with Gasteiger partial charge in [-0.15, -0.1) is 6.58 Å². The lowest BCUT2D eigenvalue weighted by Gasteiger charge is -2.43. The Labute approximate surface area is 102 Å². The molecule has 0 saturated carbocycles. The highest BCUT2D eigenvalue weighted by Crippen LogP contribution is 2.35. The van der Waals surface area contributed by atoms with E-state index in [1.54, 1.807) is 0 Å². The summed E-state index contributed by atoms with van der Waals surface area (Å²) in [4.78, 5) is 23.0. The smallest absolute Gasteiger partial charge is 0.471 e. The number of aliphatic carboxylic acids is 1. The quantitative estimate of drug-likeness (QED) is 0.793. The monoisotopic (exact) mass is 265 g/mol. The minimum atomic E-state index is -5.06. The molecular formula is C11H14F3NO3. The predicted molar refractivity (Wildman–Crippen MR) is 56.8 cm³/mol. The first kappa shape index (κ1) is 14.5. The number of carboxylic acids is 1. The molecule has 1 atom stereocenters. The Kier molecular flexibility index (Phi) is 4.03. The zero-order valence-corrected chi connectivity index (χ0v) is 9.66. The van der Waals surface area contributed by atoms with Crippen LogP contribution in [0.1, 0.15) is 25.7 Å². The van der Waals surface area contributed by atoms with Crippen LogP contribution in [0.3, 0.4) is 0 Å². The lowest BCUT2D eigenvalue weighted by molar-refractivity contribution is -0.197. The molecule has 0 bridgehead atoms. The van der Waals surface area contributed by atoms with E-state index in [9.17, 15) is 27.9 Å². The number of nitrogens with zero attached hydrogens (tertiary/aromatic N) is 1. The molecule has 7 heteroatoms. The fraction of sp³-hybridized carbons (Fsp3) is 0.636. The van der Waals surface area contributed by atoms with Crippen molar-refractivity contribution in [1.29, 1.82) is 0 Å². The minimum absolute atomic E-state index is 0.0101. The van der Waals surface area contributed by atoms with Crippen molar-refractivity contribution in [3.63, 3.8) is 0 Å². The maximum absolute atomic E-state index is 12.5. The SMILES string of the molecule is C=CCC1(C(=O)O)CCCCN1C(=O)C(F)(F)F. The zero-order valence-electron chi connectivity index (χ0n) is 9.66. The van der Waals surface area contributed by atoms with Gasteiger partial charge in [0.15, 0.2) is 0 Å². The molecule has 102 valence electrons. The molecule has 4 nitrogen and oxygen atoms in total. The van der Waals surface area contributed by atoms with Gasteiger partial charge in [0.05, 0.1) is 0 Å². The second kappa shape index (κ2) is 4.99. The molecule has 1 heterocycles. The van der Waals surface area contributed by atoms with Crippen LogP contribution in [0.15, 0.2) is 12.7 Å². The predicted octanol–water partition coefficient (Wildman–Crippen LogP) is 1.96. The van der Waals surface area contributed by atoms with Gasteiger partial charge in [0, 0.05) is 6.54 Å². The molecule has 0 radical (unpaired) electrons. The van der Waals surface area contributed by atoms with Gasteiger partial charge in [0.25, 0.3) is 0 Å². The molecule has 0 aromatic carbocycles. The number of rotatable bonds is 3. The average Bonchev–Trinajstić information content (AvgIpc) is 2.27. The fourth-order valence-corrected chi connectivity index (χ4v) is 2.25. The van der Waals surface area contributed by atoms with E-state index in [2.05, 4.69) is 6.58 Å². The van der Waals surface area contributed by atoms with Gasteiger partial charge in [-0.05, 0) is 25.7 Å². The molecule has 18 heavy (non-hydrogen) atoms. The van der Waals surface area contributed by atoms with Crippen molar-refractivity contribution in [2.45, 2.75) is 37.4 Å². The van der Waals surface area contributed by atoms with Gasteiger partial charge in [-0.25, -0.2) is 4.79 Å². The number of piperidine rings is 1. The van der Waals surface area contributed by atoms with Crippen molar-refractivity contribution in [3.05, 3.63) is 12.7 Å². The second-order valence-electron chi connectivity index (χ2n) is 4.24. The highest BCUT2D eigenvalue weighted by Gasteiger charge is 2.54. The number of halogens is 3. The summed E-state index contributed by atoms with van der Waals surface area (Å²) in [5, 5.41) is 9.20. The number of carbonyl (C=O) groups is 2. The highest BCUT2D eigenvalue weighted by molar-refractivity contribution is 5.90. The van der Waals surface area contributed by atoms with Crippen LogP contribution in [0.4, 0.5) is 13.2 Å². The van der Waals surface area contributed by atoms with E-state index < -0.39 is 23.6 Å². The van der Waals surface area contributed by atoms with E-state index in [1.807, 2.05) is 0 Å². The van der Waals surface area contributed by atoms with Crippen molar-refractivity contribution in [1.82, 2.24) is 4.90 Å². The topological polar surface area (TPSA) is 57.6 Å². The van der Waals surface area contributed by atoms with Crippen LogP contribution in [-0.4, -0.2) is 40.1 Å². The summed E-state index contributed by atoms with van der Waals surface area (Å²) in [7, 11) is 0. The fourth-order valence-electron chi connectivity index (χ4n) is 2.25. The molecule has 1 aliphatic rings. The van der Waals surface area contributed by atoms with Gasteiger partial charge >= 0.3 is 18.1 Å². The summed E-state index contributed by atoms with van der Waals surface area (Å²) < 4.78 is 37.4.